The van der Waals surface area contributed by atoms with E-state index in [2.05, 4.69) is 15.5 Å². The number of aromatic hydroxyl groups is 1. The Bertz CT molecular complexity index is 842. The first-order valence-electron chi connectivity index (χ1n) is 7.10. The normalized spacial score (nSPS) is 11.2. The van der Waals surface area contributed by atoms with E-state index in [1.807, 2.05) is 68.6 Å². The fourth-order valence-corrected chi connectivity index (χ4v) is 2.50. The maximum absolute atomic E-state index is 10.6. The van der Waals surface area contributed by atoms with Crippen LogP contribution in [0.5, 0.6) is 5.75 Å². The van der Waals surface area contributed by atoms with Crippen LogP contribution >= 0.6 is 0 Å². The van der Waals surface area contributed by atoms with Gasteiger partial charge in [0.25, 0.3) is 0 Å². The number of anilines is 1. The molecule has 3 rings (SSSR count). The van der Waals surface area contributed by atoms with Crippen molar-refractivity contribution in [3.8, 4) is 5.75 Å². The molecule has 0 unspecified atom stereocenters. The van der Waals surface area contributed by atoms with Crippen LogP contribution in [-0.2, 0) is 0 Å². The Morgan fingerprint density at radius 1 is 0.955 bits per heavy atom. The summed E-state index contributed by atoms with van der Waals surface area (Å²) in [6, 6.07) is 17.3. The molecular formula is C18H17N3O. The van der Waals surface area contributed by atoms with Crippen LogP contribution in [0.15, 0.2) is 64.8 Å². The van der Waals surface area contributed by atoms with Crippen molar-refractivity contribution < 1.29 is 5.11 Å². The highest BCUT2D eigenvalue weighted by atomic mass is 16.3. The summed E-state index contributed by atoms with van der Waals surface area (Å²) in [6.07, 6.45) is 0. The molecule has 2 N–H and O–H groups in total. The zero-order valence-electron chi connectivity index (χ0n) is 12.5. The smallest absolute Gasteiger partial charge is 0.153 e. The molecule has 4 heteroatoms. The van der Waals surface area contributed by atoms with Gasteiger partial charge in [0, 0.05) is 18.1 Å². The van der Waals surface area contributed by atoms with E-state index in [4.69, 9.17) is 0 Å². The van der Waals surface area contributed by atoms with Gasteiger partial charge in [-0.15, -0.1) is 5.11 Å². The molecule has 0 aliphatic heterocycles. The molecule has 0 atom stereocenters. The van der Waals surface area contributed by atoms with E-state index in [1.165, 1.54) is 0 Å². The first-order chi connectivity index (χ1) is 10.7. The van der Waals surface area contributed by atoms with Gasteiger partial charge in [-0.25, -0.2) is 0 Å². The van der Waals surface area contributed by atoms with Crippen molar-refractivity contribution >= 4 is 27.8 Å². The lowest BCUT2D eigenvalue weighted by Gasteiger charge is -2.11. The minimum absolute atomic E-state index is 0.152. The maximum atomic E-state index is 10.6. The van der Waals surface area contributed by atoms with E-state index in [-0.39, 0.29) is 5.75 Å². The highest BCUT2D eigenvalue weighted by Crippen LogP contribution is 2.41. The highest BCUT2D eigenvalue weighted by molar-refractivity contribution is 6.02. The van der Waals surface area contributed by atoms with Crippen molar-refractivity contribution in [2.45, 2.75) is 6.92 Å². The summed E-state index contributed by atoms with van der Waals surface area (Å²) >= 11 is 0. The van der Waals surface area contributed by atoms with Crippen molar-refractivity contribution in [2.75, 3.05) is 12.4 Å². The second-order valence-corrected chi connectivity index (χ2v) is 5.08. The Balaban J connectivity index is 2.16. The largest absolute Gasteiger partial charge is 0.505 e. The third-order valence-electron chi connectivity index (χ3n) is 3.59. The monoisotopic (exact) mass is 291 g/mol. The van der Waals surface area contributed by atoms with Gasteiger partial charge in [0.1, 0.15) is 5.69 Å². The van der Waals surface area contributed by atoms with E-state index in [0.29, 0.717) is 5.69 Å². The third-order valence-corrected chi connectivity index (χ3v) is 3.59. The molecule has 110 valence electrons. The van der Waals surface area contributed by atoms with Crippen LogP contribution in [-0.4, -0.2) is 12.2 Å². The minimum Gasteiger partial charge on any atom is -0.505 e. The van der Waals surface area contributed by atoms with Crippen molar-refractivity contribution in [3.63, 3.8) is 0 Å². The average Bonchev–Trinajstić information content (AvgIpc) is 2.54. The number of phenols is 1. The molecule has 0 radical (unpaired) electrons. The van der Waals surface area contributed by atoms with Crippen molar-refractivity contribution in [3.05, 3.63) is 60.2 Å². The standard InChI is InChI=1S/C18H17N3O/c1-12-11-13-7-6-10-15(19-2)16(13)18(22)17(12)21-20-14-8-4-3-5-9-14/h3-11,19,22H,1-2H3. The number of rotatable bonds is 3. The summed E-state index contributed by atoms with van der Waals surface area (Å²) in [5, 5.41) is 23.9. The van der Waals surface area contributed by atoms with Gasteiger partial charge < -0.3 is 10.4 Å². The highest BCUT2D eigenvalue weighted by Gasteiger charge is 2.12. The van der Waals surface area contributed by atoms with Crippen LogP contribution in [0.3, 0.4) is 0 Å². The number of nitrogens with one attached hydrogen (secondary N) is 1. The predicted octanol–water partition coefficient (Wildman–Crippen LogP) is 5.31. The molecule has 3 aromatic rings. The van der Waals surface area contributed by atoms with Gasteiger partial charge in [0.15, 0.2) is 5.75 Å². The molecule has 0 bridgehead atoms. The topological polar surface area (TPSA) is 57.0 Å². The molecule has 4 nitrogen and oxygen atoms in total. The number of hydrogen-bond donors (Lipinski definition) is 2. The van der Waals surface area contributed by atoms with Crippen molar-refractivity contribution in [1.29, 1.82) is 0 Å². The number of azo groups is 1. The summed E-state index contributed by atoms with van der Waals surface area (Å²) in [6.45, 7) is 1.92. The molecule has 0 fully saturated rings. The van der Waals surface area contributed by atoms with Crippen LogP contribution in [0.4, 0.5) is 17.1 Å². The van der Waals surface area contributed by atoms with Gasteiger partial charge in [-0.1, -0.05) is 30.3 Å². The molecule has 3 aromatic carbocycles. The molecule has 0 amide bonds. The first-order valence-corrected chi connectivity index (χ1v) is 7.10. The third kappa shape index (κ3) is 2.51. The molecule has 22 heavy (non-hydrogen) atoms. The SMILES string of the molecule is CNc1cccc2cc(C)c(N=Nc3ccccc3)c(O)c12. The van der Waals surface area contributed by atoms with E-state index >= 15 is 0 Å². The lowest BCUT2D eigenvalue weighted by Crippen LogP contribution is -1.90. The van der Waals surface area contributed by atoms with E-state index < -0.39 is 0 Å². The fourth-order valence-electron chi connectivity index (χ4n) is 2.50. The zero-order valence-corrected chi connectivity index (χ0v) is 12.5. The molecule has 0 aliphatic carbocycles. The second kappa shape index (κ2) is 5.85. The van der Waals surface area contributed by atoms with Gasteiger partial charge in [0.05, 0.1) is 5.69 Å². The molecule has 0 heterocycles. The average molecular weight is 291 g/mol. The number of fused-ring (bicyclic) bond motifs is 1. The Hall–Kier alpha value is -2.88. The van der Waals surface area contributed by atoms with Crippen LogP contribution < -0.4 is 5.32 Å². The Morgan fingerprint density at radius 2 is 1.73 bits per heavy atom. The molecule has 0 aliphatic rings. The summed E-state index contributed by atoms with van der Waals surface area (Å²) < 4.78 is 0. The lowest BCUT2D eigenvalue weighted by atomic mass is 10.0. The number of phenolic OH excluding ortho intramolecular Hbond substituents is 1. The number of aryl methyl sites for hydroxylation is 1. The van der Waals surface area contributed by atoms with Crippen LogP contribution in [0.2, 0.25) is 0 Å². The van der Waals surface area contributed by atoms with Crippen LogP contribution in [0, 0.1) is 6.92 Å². The van der Waals surface area contributed by atoms with Gasteiger partial charge in [-0.3, -0.25) is 0 Å². The summed E-state index contributed by atoms with van der Waals surface area (Å²) in [7, 11) is 1.83. The van der Waals surface area contributed by atoms with Crippen molar-refractivity contribution in [2.24, 2.45) is 10.2 Å². The van der Waals surface area contributed by atoms with Crippen LogP contribution in [0.1, 0.15) is 5.56 Å². The Kier molecular flexibility index (Phi) is 3.74. The van der Waals surface area contributed by atoms with E-state index in [9.17, 15) is 5.11 Å². The molecule has 0 saturated heterocycles. The second-order valence-electron chi connectivity index (χ2n) is 5.08. The maximum Gasteiger partial charge on any atom is 0.153 e. The van der Waals surface area contributed by atoms with E-state index in [0.717, 1.165) is 27.7 Å². The van der Waals surface area contributed by atoms with Gasteiger partial charge in [-0.05, 0) is 42.1 Å². The zero-order chi connectivity index (χ0) is 15.5. The lowest BCUT2D eigenvalue weighted by molar-refractivity contribution is 0.482. The van der Waals surface area contributed by atoms with Crippen LogP contribution in [0.25, 0.3) is 10.8 Å². The molecule has 0 saturated carbocycles. The fraction of sp³-hybridized carbons (Fsp3) is 0.111. The number of nitrogens with zero attached hydrogens (tertiary/aromatic N) is 2. The van der Waals surface area contributed by atoms with Gasteiger partial charge in [0.2, 0.25) is 0 Å². The number of hydrogen-bond acceptors (Lipinski definition) is 4. The first kappa shape index (κ1) is 14.1. The predicted molar refractivity (Wildman–Crippen MR) is 90.5 cm³/mol. The van der Waals surface area contributed by atoms with Gasteiger partial charge >= 0.3 is 0 Å². The van der Waals surface area contributed by atoms with E-state index in [1.54, 1.807) is 0 Å². The molecular weight excluding hydrogens is 274 g/mol. The quantitative estimate of drug-likeness (QED) is 0.642. The number of benzene rings is 3. The molecule has 0 aromatic heterocycles. The molecule has 0 spiro atoms. The summed E-state index contributed by atoms with van der Waals surface area (Å²) in [5.41, 5.74) is 3.01. The Morgan fingerprint density at radius 3 is 2.45 bits per heavy atom. The van der Waals surface area contributed by atoms with Crippen molar-refractivity contribution in [1.82, 2.24) is 0 Å². The minimum atomic E-state index is 0.152. The summed E-state index contributed by atoms with van der Waals surface area (Å²) in [4.78, 5) is 0. The summed E-state index contributed by atoms with van der Waals surface area (Å²) in [5.74, 6) is 0.152. The van der Waals surface area contributed by atoms with Gasteiger partial charge in [-0.2, -0.15) is 5.11 Å². The Labute approximate surface area is 129 Å².